The average Bonchev–Trinajstić information content (AvgIpc) is 2.81. The third-order valence-corrected chi connectivity index (χ3v) is 5.29. The van der Waals surface area contributed by atoms with E-state index in [-0.39, 0.29) is 21.2 Å². The van der Waals surface area contributed by atoms with Gasteiger partial charge in [-0.05, 0) is 53.2 Å². The molecule has 1 N–H and O–H groups in total. The Balaban J connectivity index is 1.86. The Labute approximate surface area is 166 Å². The van der Waals surface area contributed by atoms with E-state index in [1.165, 1.54) is 37.3 Å². The average molecular weight is 460 g/mol. The van der Waals surface area contributed by atoms with Crippen LogP contribution in [0.15, 0.2) is 34.8 Å². The number of nitrogens with zero attached hydrogens (tertiary/aromatic N) is 1. The summed E-state index contributed by atoms with van der Waals surface area (Å²) in [4.78, 5) is 38.4. The number of carbonyl (C=O) groups is 3. The lowest BCUT2D eigenvalue weighted by Gasteiger charge is -2.22. The first-order chi connectivity index (χ1) is 12.2. The molecule has 26 heavy (non-hydrogen) atoms. The summed E-state index contributed by atoms with van der Waals surface area (Å²) in [7, 11) is 0. The van der Waals surface area contributed by atoms with Crippen LogP contribution in [0, 0.1) is 5.82 Å². The maximum atomic E-state index is 13.1. The molecular weight excluding hydrogens is 450 g/mol. The zero-order valence-corrected chi connectivity index (χ0v) is 16.2. The highest BCUT2D eigenvalue weighted by Gasteiger charge is 2.41. The van der Waals surface area contributed by atoms with Crippen LogP contribution in [-0.4, -0.2) is 28.7 Å². The van der Waals surface area contributed by atoms with Gasteiger partial charge in [0.05, 0.1) is 26.9 Å². The van der Waals surface area contributed by atoms with Crippen LogP contribution >= 0.6 is 39.1 Å². The fourth-order valence-corrected chi connectivity index (χ4v) is 3.33. The van der Waals surface area contributed by atoms with Crippen LogP contribution in [0.3, 0.4) is 0 Å². The maximum Gasteiger partial charge on any atom is 0.262 e. The first-order valence-corrected chi connectivity index (χ1v) is 8.88. The molecule has 5 nitrogen and oxygen atoms in total. The number of hydrogen-bond donors (Lipinski definition) is 1. The Hall–Kier alpha value is -1.96. The van der Waals surface area contributed by atoms with Gasteiger partial charge in [0.25, 0.3) is 11.8 Å². The SMILES string of the molecule is CC(C(=O)Nc1ccc(F)cc1Br)N1C(=O)c2cc(Cl)c(Cl)cc2C1=O. The highest BCUT2D eigenvalue weighted by molar-refractivity contribution is 9.10. The van der Waals surface area contributed by atoms with E-state index in [0.717, 1.165) is 4.90 Å². The second kappa shape index (κ2) is 6.98. The van der Waals surface area contributed by atoms with Crippen molar-refractivity contribution in [3.05, 3.63) is 61.8 Å². The smallest absolute Gasteiger partial charge is 0.262 e. The van der Waals surface area contributed by atoms with Gasteiger partial charge in [0.2, 0.25) is 5.91 Å². The van der Waals surface area contributed by atoms with Crippen LogP contribution in [0.25, 0.3) is 0 Å². The summed E-state index contributed by atoms with van der Waals surface area (Å²) < 4.78 is 13.5. The summed E-state index contributed by atoms with van der Waals surface area (Å²) >= 11 is 14.9. The number of halogens is 4. The normalized spacial score (nSPS) is 14.4. The number of benzene rings is 2. The molecule has 0 saturated heterocycles. The molecule has 1 atom stereocenters. The maximum absolute atomic E-state index is 13.1. The number of imide groups is 1. The van der Waals surface area contributed by atoms with Crippen molar-refractivity contribution >= 4 is 62.5 Å². The summed E-state index contributed by atoms with van der Waals surface area (Å²) in [6.45, 7) is 1.41. The monoisotopic (exact) mass is 458 g/mol. The van der Waals surface area contributed by atoms with E-state index >= 15 is 0 Å². The third-order valence-electron chi connectivity index (χ3n) is 3.91. The summed E-state index contributed by atoms with van der Waals surface area (Å²) in [5, 5.41) is 2.83. The number of fused-ring (bicyclic) bond motifs is 1. The van der Waals surface area contributed by atoms with Gasteiger partial charge in [0, 0.05) is 4.47 Å². The van der Waals surface area contributed by atoms with Crippen molar-refractivity contribution in [3.8, 4) is 0 Å². The number of amides is 3. The number of anilines is 1. The molecule has 2 aromatic carbocycles. The van der Waals surface area contributed by atoms with E-state index in [1.807, 2.05) is 0 Å². The summed E-state index contributed by atoms with van der Waals surface area (Å²) in [6.07, 6.45) is 0. The van der Waals surface area contributed by atoms with E-state index in [0.29, 0.717) is 10.2 Å². The molecule has 2 aromatic rings. The predicted molar refractivity (Wildman–Crippen MR) is 99.2 cm³/mol. The minimum atomic E-state index is -1.10. The van der Waals surface area contributed by atoms with Crippen molar-refractivity contribution in [2.45, 2.75) is 13.0 Å². The minimum Gasteiger partial charge on any atom is -0.323 e. The van der Waals surface area contributed by atoms with Crippen molar-refractivity contribution in [2.75, 3.05) is 5.32 Å². The molecule has 0 saturated carbocycles. The van der Waals surface area contributed by atoms with Crippen LogP contribution in [0.1, 0.15) is 27.6 Å². The Bertz CT molecular complexity index is 926. The van der Waals surface area contributed by atoms with E-state index < -0.39 is 29.6 Å². The molecule has 1 unspecified atom stereocenters. The third kappa shape index (κ3) is 3.22. The summed E-state index contributed by atoms with van der Waals surface area (Å²) in [5.41, 5.74) is 0.491. The van der Waals surface area contributed by atoms with Crippen molar-refractivity contribution < 1.29 is 18.8 Å². The molecule has 1 aliphatic rings. The van der Waals surface area contributed by atoms with Crippen LogP contribution in [0.5, 0.6) is 0 Å². The molecule has 134 valence electrons. The molecule has 0 aliphatic carbocycles. The van der Waals surface area contributed by atoms with Crippen LogP contribution < -0.4 is 5.32 Å². The van der Waals surface area contributed by atoms with Gasteiger partial charge in [0.1, 0.15) is 11.9 Å². The zero-order chi connectivity index (χ0) is 19.2. The fraction of sp³-hybridized carbons (Fsp3) is 0.118. The highest BCUT2D eigenvalue weighted by Crippen LogP contribution is 2.32. The minimum absolute atomic E-state index is 0.0898. The predicted octanol–water partition coefficient (Wildman–Crippen LogP) is 4.52. The number of hydrogen-bond acceptors (Lipinski definition) is 3. The van der Waals surface area contributed by atoms with Crippen LogP contribution in [-0.2, 0) is 4.79 Å². The van der Waals surface area contributed by atoms with Gasteiger partial charge < -0.3 is 5.32 Å². The molecule has 0 bridgehead atoms. The molecule has 3 rings (SSSR count). The van der Waals surface area contributed by atoms with E-state index in [2.05, 4.69) is 21.2 Å². The highest BCUT2D eigenvalue weighted by atomic mass is 79.9. The molecule has 0 aromatic heterocycles. The van der Waals surface area contributed by atoms with Gasteiger partial charge in [0.15, 0.2) is 0 Å². The Morgan fingerprint density at radius 1 is 1.12 bits per heavy atom. The largest absolute Gasteiger partial charge is 0.323 e. The molecular formula is C17H10BrCl2FN2O3. The molecule has 0 radical (unpaired) electrons. The van der Waals surface area contributed by atoms with Gasteiger partial charge in [-0.2, -0.15) is 0 Å². The van der Waals surface area contributed by atoms with E-state index in [1.54, 1.807) is 0 Å². The van der Waals surface area contributed by atoms with Crippen molar-refractivity contribution in [3.63, 3.8) is 0 Å². The fourth-order valence-electron chi connectivity index (χ4n) is 2.55. The van der Waals surface area contributed by atoms with Crippen molar-refractivity contribution in [1.82, 2.24) is 4.90 Å². The number of rotatable bonds is 3. The number of nitrogens with one attached hydrogen (secondary N) is 1. The Morgan fingerprint density at radius 3 is 2.15 bits per heavy atom. The summed E-state index contributed by atoms with van der Waals surface area (Å²) in [6, 6.07) is 5.24. The lowest BCUT2D eigenvalue weighted by molar-refractivity contribution is -0.119. The molecule has 1 aliphatic heterocycles. The lowest BCUT2D eigenvalue weighted by atomic mass is 10.1. The first-order valence-electron chi connectivity index (χ1n) is 7.33. The van der Waals surface area contributed by atoms with Crippen LogP contribution in [0.2, 0.25) is 10.0 Å². The summed E-state index contributed by atoms with van der Waals surface area (Å²) in [5.74, 6) is -2.35. The molecule has 0 fully saturated rings. The molecule has 0 spiro atoms. The van der Waals surface area contributed by atoms with E-state index in [4.69, 9.17) is 23.2 Å². The van der Waals surface area contributed by atoms with Gasteiger partial charge in [-0.15, -0.1) is 0 Å². The standard InChI is InChI=1S/C17H10BrCl2FN2O3/c1-7(15(24)22-14-3-2-8(21)4-11(14)18)23-16(25)9-5-12(19)13(20)6-10(9)17(23)26/h2-7H,1H3,(H,22,24). The first kappa shape index (κ1) is 18.8. The lowest BCUT2D eigenvalue weighted by Crippen LogP contribution is -2.45. The number of carbonyl (C=O) groups excluding carboxylic acids is 3. The van der Waals surface area contributed by atoms with Gasteiger partial charge in [-0.3, -0.25) is 19.3 Å². The van der Waals surface area contributed by atoms with Gasteiger partial charge in [-0.1, -0.05) is 23.2 Å². The van der Waals surface area contributed by atoms with Crippen molar-refractivity contribution in [2.24, 2.45) is 0 Å². The van der Waals surface area contributed by atoms with Gasteiger partial charge in [-0.25, -0.2) is 4.39 Å². The molecule has 1 heterocycles. The topological polar surface area (TPSA) is 66.5 Å². The molecule has 9 heteroatoms. The second-order valence-corrected chi connectivity index (χ2v) is 7.25. The van der Waals surface area contributed by atoms with Crippen LogP contribution in [0.4, 0.5) is 10.1 Å². The Kier molecular flexibility index (Phi) is 5.05. The van der Waals surface area contributed by atoms with Gasteiger partial charge >= 0.3 is 0 Å². The molecule has 3 amide bonds. The van der Waals surface area contributed by atoms with Crippen molar-refractivity contribution in [1.29, 1.82) is 0 Å². The second-order valence-electron chi connectivity index (χ2n) is 5.58. The van der Waals surface area contributed by atoms with E-state index in [9.17, 15) is 18.8 Å². The quantitative estimate of drug-likeness (QED) is 0.686. The Morgan fingerprint density at radius 2 is 1.65 bits per heavy atom. The zero-order valence-electron chi connectivity index (χ0n) is 13.1.